The normalized spacial score (nSPS) is 17.4. The first-order chi connectivity index (χ1) is 18.5. The van der Waals surface area contributed by atoms with Crippen LogP contribution >= 0.6 is 23.1 Å². The van der Waals surface area contributed by atoms with Crippen LogP contribution in [0.3, 0.4) is 0 Å². The third-order valence-corrected chi connectivity index (χ3v) is 8.41. The molecule has 10 heteroatoms. The van der Waals surface area contributed by atoms with Crippen molar-refractivity contribution in [3.63, 3.8) is 0 Å². The van der Waals surface area contributed by atoms with Gasteiger partial charge in [0.1, 0.15) is 17.3 Å². The smallest absolute Gasteiger partial charge is 0.297 e. The van der Waals surface area contributed by atoms with Crippen molar-refractivity contribution in [2.24, 2.45) is 5.92 Å². The summed E-state index contributed by atoms with van der Waals surface area (Å²) in [6.07, 6.45) is 0. The molecule has 0 radical (unpaired) electrons. The van der Waals surface area contributed by atoms with Gasteiger partial charge >= 0.3 is 0 Å². The number of ketones is 2. The van der Waals surface area contributed by atoms with Gasteiger partial charge in [0.25, 0.3) is 5.91 Å². The molecule has 1 aliphatic heterocycles. The minimum absolute atomic E-state index is 0.0369. The molecular weight excluding hydrogens is 525 g/mol. The van der Waals surface area contributed by atoms with Gasteiger partial charge in [-0.15, -0.1) is 10.2 Å². The van der Waals surface area contributed by atoms with E-state index in [9.17, 15) is 14.4 Å². The highest BCUT2D eigenvalue weighted by Gasteiger charge is 2.54. The van der Waals surface area contributed by atoms with Crippen molar-refractivity contribution in [3.05, 3.63) is 108 Å². The predicted octanol–water partition coefficient (Wildman–Crippen LogP) is 5.87. The number of amides is 1. The number of carbonyl (C=O) groups excluding carboxylic acids is 3. The second-order valence-electron chi connectivity index (χ2n) is 8.62. The first-order valence-electron chi connectivity index (χ1n) is 11.7. The number of halogens is 1. The maximum atomic E-state index is 15.1. The number of aromatic nitrogens is 2. The van der Waals surface area contributed by atoms with Crippen LogP contribution in [0.15, 0.2) is 93.7 Å². The van der Waals surface area contributed by atoms with Crippen molar-refractivity contribution in [2.45, 2.75) is 16.1 Å². The molecule has 0 spiro atoms. The Morgan fingerprint density at radius 3 is 2.50 bits per heavy atom. The number of fused-ring (bicyclic) bond motifs is 1. The first-order valence-corrected chi connectivity index (χ1v) is 13.5. The van der Waals surface area contributed by atoms with Crippen molar-refractivity contribution < 1.29 is 23.2 Å². The highest BCUT2D eigenvalue weighted by Crippen LogP contribution is 2.44. The van der Waals surface area contributed by atoms with Gasteiger partial charge in [0, 0.05) is 16.7 Å². The van der Waals surface area contributed by atoms with Crippen LogP contribution in [0, 0.1) is 11.7 Å². The Kier molecular flexibility index (Phi) is 6.34. The lowest BCUT2D eigenvalue weighted by Gasteiger charge is -2.24. The van der Waals surface area contributed by atoms with E-state index in [2.05, 4.69) is 10.2 Å². The largest absolute Gasteiger partial charge is 0.453 e. The summed E-state index contributed by atoms with van der Waals surface area (Å²) in [5.74, 6) is -4.18. The predicted molar refractivity (Wildman–Crippen MR) is 142 cm³/mol. The van der Waals surface area contributed by atoms with E-state index in [-0.39, 0.29) is 16.5 Å². The third-order valence-electron chi connectivity index (χ3n) is 6.29. The zero-order valence-electron chi connectivity index (χ0n) is 19.6. The molecule has 1 saturated heterocycles. The Morgan fingerprint density at radius 2 is 1.71 bits per heavy atom. The van der Waals surface area contributed by atoms with Crippen LogP contribution in [-0.2, 0) is 15.3 Å². The number of rotatable bonds is 7. The van der Waals surface area contributed by atoms with Crippen molar-refractivity contribution in [1.29, 1.82) is 0 Å². The first kappa shape index (κ1) is 24.2. The number of hydrogen-bond donors (Lipinski definition) is 0. The summed E-state index contributed by atoms with van der Waals surface area (Å²) >= 11 is 2.54. The fourth-order valence-electron chi connectivity index (χ4n) is 4.51. The monoisotopic (exact) mass is 543 g/mol. The lowest BCUT2D eigenvalue weighted by molar-refractivity contribution is -0.135. The second kappa shape index (κ2) is 9.96. The van der Waals surface area contributed by atoms with Crippen molar-refractivity contribution in [3.8, 4) is 0 Å². The van der Waals surface area contributed by atoms with E-state index >= 15 is 4.39 Å². The lowest BCUT2D eigenvalue weighted by atomic mass is 9.88. The van der Waals surface area contributed by atoms with Crippen molar-refractivity contribution in [2.75, 3.05) is 4.90 Å². The second-order valence-corrected chi connectivity index (χ2v) is 10.8. The minimum atomic E-state index is -1.51. The van der Waals surface area contributed by atoms with Crippen LogP contribution in [0.1, 0.15) is 27.7 Å². The van der Waals surface area contributed by atoms with Gasteiger partial charge in [-0.3, -0.25) is 19.3 Å². The number of carbonyl (C=O) groups is 3. The van der Waals surface area contributed by atoms with E-state index in [1.54, 1.807) is 30.3 Å². The van der Waals surface area contributed by atoms with Gasteiger partial charge in [-0.05, 0) is 23.8 Å². The molecule has 5 aromatic rings. The maximum Gasteiger partial charge on any atom is 0.297 e. The summed E-state index contributed by atoms with van der Waals surface area (Å²) in [6.45, 7) is 0. The highest BCUT2D eigenvalue weighted by molar-refractivity contribution is 8.00. The Balaban J connectivity index is 1.38. The lowest BCUT2D eigenvalue weighted by Crippen LogP contribution is -2.31. The molecule has 188 valence electrons. The van der Waals surface area contributed by atoms with Gasteiger partial charge in [-0.2, -0.15) is 0 Å². The van der Waals surface area contributed by atoms with Crippen LogP contribution in [-0.4, -0.2) is 27.7 Å². The van der Waals surface area contributed by atoms with E-state index in [0.29, 0.717) is 21.1 Å². The molecule has 6 rings (SSSR count). The molecule has 3 aromatic carbocycles. The number of Topliss-reactive ketones (excluding diaryl/α,β-unsaturated/α-hetero) is 2. The van der Waals surface area contributed by atoms with Crippen molar-refractivity contribution >= 4 is 56.7 Å². The van der Waals surface area contributed by atoms with Crippen LogP contribution < -0.4 is 4.90 Å². The fourth-order valence-corrected chi connectivity index (χ4v) is 6.34. The minimum Gasteiger partial charge on any atom is -0.453 e. The summed E-state index contributed by atoms with van der Waals surface area (Å²) in [5.41, 5.74) is 1.59. The fraction of sp³-hybridized carbons (Fsp3) is 0.107. The average molecular weight is 544 g/mol. The SMILES string of the molecule is O=C1C(=O)N(c2nnc(SCc3ccccc3)s2)C(c2ccccc2F)C1C(=O)c1cc2ccccc2o1. The molecule has 0 N–H and O–H groups in total. The number of nitrogens with zero attached hydrogens (tertiary/aromatic N) is 3. The topological polar surface area (TPSA) is 93.4 Å². The summed E-state index contributed by atoms with van der Waals surface area (Å²) in [6, 6.07) is 22.9. The molecule has 0 bridgehead atoms. The van der Waals surface area contributed by atoms with Gasteiger partial charge in [-0.1, -0.05) is 89.8 Å². The van der Waals surface area contributed by atoms with Gasteiger partial charge in [0.2, 0.25) is 16.7 Å². The number of para-hydroxylation sites is 1. The molecule has 2 unspecified atom stereocenters. The molecule has 2 atom stereocenters. The highest BCUT2D eigenvalue weighted by atomic mass is 32.2. The van der Waals surface area contributed by atoms with Crippen LogP contribution in [0.25, 0.3) is 11.0 Å². The van der Waals surface area contributed by atoms with Crippen molar-refractivity contribution in [1.82, 2.24) is 10.2 Å². The Labute approximate surface area is 224 Å². The molecule has 2 aromatic heterocycles. The van der Waals surface area contributed by atoms with Gasteiger partial charge in [-0.25, -0.2) is 4.39 Å². The van der Waals surface area contributed by atoms with Crippen LogP contribution in [0.5, 0.6) is 0 Å². The van der Waals surface area contributed by atoms with Gasteiger partial charge < -0.3 is 4.42 Å². The molecule has 0 aliphatic carbocycles. The zero-order valence-corrected chi connectivity index (χ0v) is 21.2. The number of thioether (sulfide) groups is 1. The summed E-state index contributed by atoms with van der Waals surface area (Å²) in [7, 11) is 0. The molecular formula is C28H18FN3O4S2. The summed E-state index contributed by atoms with van der Waals surface area (Å²) < 4.78 is 21.4. The van der Waals surface area contributed by atoms with Gasteiger partial charge in [0.05, 0.1) is 6.04 Å². The quantitative estimate of drug-likeness (QED) is 0.0833. The van der Waals surface area contributed by atoms with Crippen LogP contribution in [0.4, 0.5) is 9.52 Å². The van der Waals surface area contributed by atoms with E-state index < -0.39 is 35.3 Å². The maximum absolute atomic E-state index is 15.1. The number of hydrogen-bond acceptors (Lipinski definition) is 8. The number of anilines is 1. The standard InChI is InChI=1S/C28H18FN3O4S2/c29-19-12-6-5-11-18(19)23-22(24(33)21-14-17-10-4-7-13-20(17)36-21)25(34)26(35)32(23)27-30-31-28(38-27)37-15-16-8-2-1-3-9-16/h1-14,22-23H,15H2. The Hall–Kier alpha value is -4.15. The van der Waals surface area contributed by atoms with E-state index in [1.165, 1.54) is 36.0 Å². The zero-order chi connectivity index (χ0) is 26.2. The van der Waals surface area contributed by atoms with E-state index in [0.717, 1.165) is 21.8 Å². The molecule has 1 amide bonds. The molecule has 3 heterocycles. The number of benzene rings is 3. The average Bonchev–Trinajstić information content (AvgIpc) is 3.65. The Bertz CT molecular complexity index is 1650. The van der Waals surface area contributed by atoms with Gasteiger partial charge in [0.15, 0.2) is 10.1 Å². The molecule has 7 nitrogen and oxygen atoms in total. The summed E-state index contributed by atoms with van der Waals surface area (Å²) in [5, 5.41) is 9.11. The molecule has 1 aliphatic rings. The van der Waals surface area contributed by atoms with E-state index in [4.69, 9.17) is 4.42 Å². The molecule has 38 heavy (non-hydrogen) atoms. The number of furan rings is 1. The molecule has 0 saturated carbocycles. The van der Waals surface area contributed by atoms with Crippen LogP contribution in [0.2, 0.25) is 0 Å². The summed E-state index contributed by atoms with van der Waals surface area (Å²) in [4.78, 5) is 41.4. The van der Waals surface area contributed by atoms with E-state index in [1.807, 2.05) is 30.3 Å². The third kappa shape index (κ3) is 4.31. The molecule has 1 fully saturated rings. The Morgan fingerprint density at radius 1 is 0.974 bits per heavy atom.